The number of methoxy groups -OCH3 is 1. The predicted octanol–water partition coefficient (Wildman–Crippen LogP) is 3.53. The lowest BCUT2D eigenvalue weighted by Crippen LogP contribution is -2.00. The molecule has 1 aromatic heterocycles. The van der Waals surface area contributed by atoms with E-state index in [1.54, 1.807) is 18.9 Å². The van der Waals surface area contributed by atoms with Crippen molar-refractivity contribution in [2.45, 2.75) is 11.3 Å². The number of benzene rings is 1. The average molecular weight is 294 g/mol. The third-order valence-electron chi connectivity index (χ3n) is 2.83. The molecule has 0 unspecified atom stereocenters. The summed E-state index contributed by atoms with van der Waals surface area (Å²) in [6.45, 7) is 0. The van der Waals surface area contributed by atoms with Crippen LogP contribution in [0.5, 0.6) is 5.75 Å². The zero-order valence-corrected chi connectivity index (χ0v) is 11.9. The zero-order chi connectivity index (χ0) is 13.2. The van der Waals surface area contributed by atoms with E-state index < -0.39 is 0 Å². The van der Waals surface area contributed by atoms with E-state index in [4.69, 9.17) is 16.3 Å². The number of ether oxygens (including phenoxy) is 1. The van der Waals surface area contributed by atoms with Gasteiger partial charge in [-0.05, 0) is 23.7 Å². The van der Waals surface area contributed by atoms with E-state index in [1.165, 1.54) is 0 Å². The van der Waals surface area contributed by atoms with Crippen molar-refractivity contribution in [2.75, 3.05) is 18.2 Å². The van der Waals surface area contributed by atoms with Gasteiger partial charge in [0.15, 0.2) is 0 Å². The van der Waals surface area contributed by atoms with E-state index in [9.17, 15) is 0 Å². The van der Waals surface area contributed by atoms with Crippen LogP contribution in [0.25, 0.3) is 0 Å². The predicted molar refractivity (Wildman–Crippen MR) is 77.7 cm³/mol. The van der Waals surface area contributed by atoms with Gasteiger partial charge in [0, 0.05) is 23.9 Å². The van der Waals surface area contributed by atoms with E-state index >= 15 is 0 Å². The number of thioether (sulfide) groups is 1. The van der Waals surface area contributed by atoms with Crippen molar-refractivity contribution in [1.29, 1.82) is 0 Å². The standard InChI is InChI=1S/C13H12ClN3OS/c1-18-9-4-2-3-8(7-9)15-12-11-10(5-6-19-11)16-13(14)17-12/h2-4,7H,5-6H2,1H3,(H,15,16,17). The fourth-order valence-corrected chi connectivity index (χ4v) is 3.19. The highest BCUT2D eigenvalue weighted by molar-refractivity contribution is 7.99. The summed E-state index contributed by atoms with van der Waals surface area (Å²) in [4.78, 5) is 9.63. The summed E-state index contributed by atoms with van der Waals surface area (Å²) in [5.41, 5.74) is 1.94. The van der Waals surface area contributed by atoms with Crippen LogP contribution in [-0.4, -0.2) is 22.8 Å². The van der Waals surface area contributed by atoms with Crippen LogP contribution >= 0.6 is 23.4 Å². The molecule has 1 aliphatic rings. The van der Waals surface area contributed by atoms with Gasteiger partial charge in [-0.15, -0.1) is 11.8 Å². The van der Waals surface area contributed by atoms with Gasteiger partial charge in [-0.25, -0.2) is 4.98 Å². The van der Waals surface area contributed by atoms with Crippen molar-refractivity contribution in [3.05, 3.63) is 35.2 Å². The van der Waals surface area contributed by atoms with Crippen molar-refractivity contribution in [1.82, 2.24) is 9.97 Å². The summed E-state index contributed by atoms with van der Waals surface area (Å²) in [5, 5.41) is 3.57. The SMILES string of the molecule is COc1cccc(Nc2nc(Cl)nc3c2SCC3)c1. The van der Waals surface area contributed by atoms with Gasteiger partial charge in [-0.1, -0.05) is 6.07 Å². The third-order valence-corrected chi connectivity index (χ3v) is 4.12. The number of hydrogen-bond donors (Lipinski definition) is 1. The summed E-state index contributed by atoms with van der Waals surface area (Å²) >= 11 is 7.71. The lowest BCUT2D eigenvalue weighted by atomic mass is 10.3. The molecule has 0 fully saturated rings. The van der Waals surface area contributed by atoms with Crippen LogP contribution < -0.4 is 10.1 Å². The van der Waals surface area contributed by atoms with E-state index in [-0.39, 0.29) is 5.28 Å². The molecule has 0 spiro atoms. The monoisotopic (exact) mass is 293 g/mol. The Hall–Kier alpha value is -1.46. The number of rotatable bonds is 3. The maximum atomic E-state index is 5.96. The first-order chi connectivity index (χ1) is 9.26. The first-order valence-corrected chi connectivity index (χ1v) is 7.23. The summed E-state index contributed by atoms with van der Waals surface area (Å²) in [6, 6.07) is 7.71. The van der Waals surface area contributed by atoms with Gasteiger partial charge in [0.2, 0.25) is 5.28 Å². The van der Waals surface area contributed by atoms with Gasteiger partial charge in [0.1, 0.15) is 11.6 Å². The second-order valence-electron chi connectivity index (χ2n) is 4.07. The molecule has 3 rings (SSSR count). The van der Waals surface area contributed by atoms with Crippen molar-refractivity contribution >= 4 is 34.9 Å². The number of halogens is 1. The molecule has 0 atom stereocenters. The van der Waals surface area contributed by atoms with Gasteiger partial charge in [-0.2, -0.15) is 4.98 Å². The molecule has 0 aliphatic carbocycles. The lowest BCUT2D eigenvalue weighted by Gasteiger charge is -2.10. The summed E-state index contributed by atoms with van der Waals surface area (Å²) in [7, 11) is 1.65. The maximum Gasteiger partial charge on any atom is 0.224 e. The molecule has 0 radical (unpaired) electrons. The van der Waals surface area contributed by atoms with Gasteiger partial charge in [0.25, 0.3) is 0 Å². The second-order valence-corrected chi connectivity index (χ2v) is 5.52. The molecule has 4 nitrogen and oxygen atoms in total. The lowest BCUT2D eigenvalue weighted by molar-refractivity contribution is 0.415. The molecule has 6 heteroatoms. The quantitative estimate of drug-likeness (QED) is 0.877. The van der Waals surface area contributed by atoms with Crippen LogP contribution in [0.4, 0.5) is 11.5 Å². The molecule has 0 saturated carbocycles. The Kier molecular flexibility index (Phi) is 3.48. The van der Waals surface area contributed by atoms with Crippen molar-refractivity contribution < 1.29 is 4.74 Å². The fourth-order valence-electron chi connectivity index (χ4n) is 1.96. The van der Waals surface area contributed by atoms with Gasteiger partial charge in [-0.3, -0.25) is 0 Å². The van der Waals surface area contributed by atoms with Crippen molar-refractivity contribution in [3.8, 4) is 5.75 Å². The van der Waals surface area contributed by atoms with E-state index in [2.05, 4.69) is 15.3 Å². The smallest absolute Gasteiger partial charge is 0.224 e. The Morgan fingerprint density at radius 3 is 3.11 bits per heavy atom. The Morgan fingerprint density at radius 1 is 1.37 bits per heavy atom. The number of nitrogens with one attached hydrogen (secondary N) is 1. The van der Waals surface area contributed by atoms with E-state index in [1.807, 2.05) is 24.3 Å². The number of hydrogen-bond acceptors (Lipinski definition) is 5. The van der Waals surface area contributed by atoms with Crippen LogP contribution in [0.1, 0.15) is 5.69 Å². The minimum atomic E-state index is 0.284. The number of aryl methyl sites for hydroxylation is 1. The summed E-state index contributed by atoms with van der Waals surface area (Å²) in [5.74, 6) is 2.59. The molecular weight excluding hydrogens is 282 g/mol. The molecule has 1 N–H and O–H groups in total. The normalized spacial score (nSPS) is 13.2. The molecule has 98 valence electrons. The van der Waals surface area contributed by atoms with Crippen LogP contribution in [0.2, 0.25) is 5.28 Å². The molecule has 0 saturated heterocycles. The first-order valence-electron chi connectivity index (χ1n) is 5.86. The topological polar surface area (TPSA) is 47.0 Å². The summed E-state index contributed by atoms with van der Waals surface area (Å²) in [6.07, 6.45) is 0.940. The molecular formula is C13H12ClN3OS. The summed E-state index contributed by atoms with van der Waals surface area (Å²) < 4.78 is 5.20. The largest absolute Gasteiger partial charge is 0.497 e. The van der Waals surface area contributed by atoms with Crippen LogP contribution in [0.15, 0.2) is 29.2 Å². The van der Waals surface area contributed by atoms with Crippen molar-refractivity contribution in [3.63, 3.8) is 0 Å². The van der Waals surface area contributed by atoms with Gasteiger partial charge >= 0.3 is 0 Å². The van der Waals surface area contributed by atoms with Crippen LogP contribution in [0.3, 0.4) is 0 Å². The highest BCUT2D eigenvalue weighted by Gasteiger charge is 2.19. The molecule has 19 heavy (non-hydrogen) atoms. The molecule has 2 heterocycles. The average Bonchev–Trinajstić information content (AvgIpc) is 2.87. The number of aromatic nitrogens is 2. The molecule has 0 amide bonds. The highest BCUT2D eigenvalue weighted by Crippen LogP contribution is 2.37. The second kappa shape index (κ2) is 5.27. The minimum absolute atomic E-state index is 0.284. The van der Waals surface area contributed by atoms with Gasteiger partial charge < -0.3 is 10.1 Å². The van der Waals surface area contributed by atoms with Crippen LogP contribution in [0, 0.1) is 0 Å². The first kappa shape index (κ1) is 12.6. The third kappa shape index (κ3) is 2.62. The Morgan fingerprint density at radius 2 is 2.26 bits per heavy atom. The Bertz CT molecular complexity index is 621. The fraction of sp³-hybridized carbons (Fsp3) is 0.231. The zero-order valence-electron chi connectivity index (χ0n) is 10.3. The molecule has 1 aromatic carbocycles. The number of nitrogens with zero attached hydrogens (tertiary/aromatic N) is 2. The van der Waals surface area contributed by atoms with Crippen molar-refractivity contribution in [2.24, 2.45) is 0 Å². The molecule has 2 aromatic rings. The minimum Gasteiger partial charge on any atom is -0.497 e. The van der Waals surface area contributed by atoms with E-state index in [0.29, 0.717) is 0 Å². The Balaban J connectivity index is 1.95. The Labute approximate surface area is 120 Å². The maximum absolute atomic E-state index is 5.96. The highest BCUT2D eigenvalue weighted by atomic mass is 35.5. The molecule has 0 bridgehead atoms. The number of anilines is 2. The van der Waals surface area contributed by atoms with Crippen LogP contribution in [-0.2, 0) is 6.42 Å². The molecule has 1 aliphatic heterocycles. The van der Waals surface area contributed by atoms with E-state index in [0.717, 1.165) is 40.0 Å². The van der Waals surface area contributed by atoms with Gasteiger partial charge in [0.05, 0.1) is 17.7 Å². The number of fused-ring (bicyclic) bond motifs is 1.